The molecule has 1 aromatic heterocycles. The van der Waals surface area contributed by atoms with Crippen LogP contribution in [0.1, 0.15) is 17.0 Å². The van der Waals surface area contributed by atoms with Crippen molar-refractivity contribution in [3.05, 3.63) is 47.3 Å². The van der Waals surface area contributed by atoms with E-state index >= 15 is 0 Å². The van der Waals surface area contributed by atoms with Crippen LogP contribution in [0.3, 0.4) is 0 Å². The van der Waals surface area contributed by atoms with Gasteiger partial charge in [0.25, 0.3) is 0 Å². The molecule has 3 nitrogen and oxygen atoms in total. The molecule has 0 amide bonds. The summed E-state index contributed by atoms with van der Waals surface area (Å²) < 4.78 is 1.96. The average molecular weight is 215 g/mol. The first kappa shape index (κ1) is 10.9. The second-order valence-electron chi connectivity index (χ2n) is 4.04. The first-order valence-corrected chi connectivity index (χ1v) is 5.53. The Balaban J connectivity index is 2.31. The first-order valence-electron chi connectivity index (χ1n) is 5.53. The molecule has 2 rings (SSSR count). The van der Waals surface area contributed by atoms with Crippen LogP contribution in [0.4, 0.5) is 0 Å². The Morgan fingerprint density at radius 3 is 2.38 bits per heavy atom. The van der Waals surface area contributed by atoms with Crippen LogP contribution in [0.2, 0.25) is 0 Å². The third-order valence-electron chi connectivity index (χ3n) is 2.62. The maximum absolute atomic E-state index is 5.52. The molecule has 0 atom stereocenters. The Labute approximate surface area is 95.9 Å². The number of nitrogens with zero attached hydrogens (tertiary/aromatic N) is 2. The van der Waals surface area contributed by atoms with E-state index in [0.29, 0.717) is 6.54 Å². The molecule has 16 heavy (non-hydrogen) atoms. The molecular weight excluding hydrogens is 198 g/mol. The predicted molar refractivity (Wildman–Crippen MR) is 65.8 cm³/mol. The Morgan fingerprint density at radius 2 is 1.88 bits per heavy atom. The molecule has 3 heteroatoms. The van der Waals surface area contributed by atoms with Gasteiger partial charge < -0.3 is 5.73 Å². The monoisotopic (exact) mass is 215 g/mol. The molecule has 0 saturated heterocycles. The molecule has 2 N–H and O–H groups in total. The summed E-state index contributed by atoms with van der Waals surface area (Å²) in [6.07, 6.45) is 0.928. The second kappa shape index (κ2) is 4.49. The van der Waals surface area contributed by atoms with Gasteiger partial charge in [-0.2, -0.15) is 5.10 Å². The van der Waals surface area contributed by atoms with Gasteiger partial charge in [0.15, 0.2) is 0 Å². The van der Waals surface area contributed by atoms with Crippen LogP contribution in [-0.2, 0) is 6.42 Å². The zero-order valence-corrected chi connectivity index (χ0v) is 9.77. The summed E-state index contributed by atoms with van der Waals surface area (Å²) in [5, 5.41) is 4.45. The summed E-state index contributed by atoms with van der Waals surface area (Å²) in [5.41, 5.74) is 10.1. The van der Waals surface area contributed by atoms with Crippen LogP contribution in [-0.4, -0.2) is 16.3 Å². The lowest BCUT2D eigenvalue weighted by molar-refractivity contribution is 0.832. The quantitative estimate of drug-likeness (QED) is 0.851. The largest absolute Gasteiger partial charge is 0.330 e. The number of aromatic nitrogens is 2. The Hall–Kier alpha value is -1.61. The summed E-state index contributed by atoms with van der Waals surface area (Å²) >= 11 is 0. The number of benzene rings is 1. The minimum atomic E-state index is 0.694. The number of aryl methyl sites for hydroxylation is 2. The molecule has 1 heterocycles. The van der Waals surface area contributed by atoms with Crippen molar-refractivity contribution in [1.82, 2.24) is 9.78 Å². The summed E-state index contributed by atoms with van der Waals surface area (Å²) in [5.74, 6) is 0. The van der Waals surface area contributed by atoms with Gasteiger partial charge in [0.2, 0.25) is 0 Å². The van der Waals surface area contributed by atoms with Crippen molar-refractivity contribution in [3.63, 3.8) is 0 Å². The van der Waals surface area contributed by atoms with Crippen LogP contribution in [0.25, 0.3) is 5.69 Å². The highest BCUT2D eigenvalue weighted by Crippen LogP contribution is 2.13. The van der Waals surface area contributed by atoms with Gasteiger partial charge in [-0.05, 0) is 50.6 Å². The third kappa shape index (κ3) is 2.14. The van der Waals surface area contributed by atoms with E-state index in [2.05, 4.69) is 42.4 Å². The SMILES string of the molecule is Cc1cc(C)n(-c2ccc(CCN)cc2)n1. The van der Waals surface area contributed by atoms with E-state index in [-0.39, 0.29) is 0 Å². The molecule has 0 radical (unpaired) electrons. The molecule has 0 fully saturated rings. The Kier molecular flexibility index (Phi) is 3.06. The van der Waals surface area contributed by atoms with E-state index in [9.17, 15) is 0 Å². The highest BCUT2D eigenvalue weighted by Gasteiger charge is 2.02. The van der Waals surface area contributed by atoms with E-state index in [1.807, 2.05) is 11.6 Å². The molecule has 0 aliphatic heterocycles. The normalized spacial score (nSPS) is 10.7. The lowest BCUT2D eigenvalue weighted by Gasteiger charge is -2.05. The Morgan fingerprint density at radius 1 is 1.19 bits per heavy atom. The van der Waals surface area contributed by atoms with E-state index in [0.717, 1.165) is 23.5 Å². The Bertz CT molecular complexity index is 468. The molecule has 2 aromatic rings. The molecule has 0 spiro atoms. The fraction of sp³-hybridized carbons (Fsp3) is 0.308. The standard InChI is InChI=1S/C13H17N3/c1-10-9-11(2)16(15-10)13-5-3-12(4-6-13)7-8-14/h3-6,9H,7-8,14H2,1-2H3. The van der Waals surface area contributed by atoms with Gasteiger partial charge in [-0.1, -0.05) is 12.1 Å². The van der Waals surface area contributed by atoms with Gasteiger partial charge in [-0.25, -0.2) is 4.68 Å². The topological polar surface area (TPSA) is 43.8 Å². The van der Waals surface area contributed by atoms with E-state index in [1.54, 1.807) is 0 Å². The fourth-order valence-electron chi connectivity index (χ4n) is 1.86. The molecule has 0 aliphatic carbocycles. The summed E-state index contributed by atoms with van der Waals surface area (Å²) in [7, 11) is 0. The van der Waals surface area contributed by atoms with Gasteiger partial charge >= 0.3 is 0 Å². The zero-order valence-electron chi connectivity index (χ0n) is 9.77. The smallest absolute Gasteiger partial charge is 0.0648 e. The molecule has 0 bridgehead atoms. The minimum Gasteiger partial charge on any atom is -0.330 e. The first-order chi connectivity index (χ1) is 7.70. The maximum atomic E-state index is 5.52. The van der Waals surface area contributed by atoms with Crippen LogP contribution in [0.5, 0.6) is 0 Å². The van der Waals surface area contributed by atoms with Gasteiger partial charge in [0.05, 0.1) is 11.4 Å². The van der Waals surface area contributed by atoms with Crippen molar-refractivity contribution in [1.29, 1.82) is 0 Å². The van der Waals surface area contributed by atoms with Crippen LogP contribution in [0, 0.1) is 13.8 Å². The van der Waals surface area contributed by atoms with E-state index in [1.165, 1.54) is 5.56 Å². The number of hydrogen-bond acceptors (Lipinski definition) is 2. The zero-order chi connectivity index (χ0) is 11.5. The van der Waals surface area contributed by atoms with Gasteiger partial charge in [-0.15, -0.1) is 0 Å². The van der Waals surface area contributed by atoms with Gasteiger partial charge in [0, 0.05) is 5.69 Å². The second-order valence-corrected chi connectivity index (χ2v) is 4.04. The number of nitrogens with two attached hydrogens (primary N) is 1. The predicted octanol–water partition coefficient (Wildman–Crippen LogP) is 1.99. The van der Waals surface area contributed by atoms with Crippen molar-refractivity contribution in [3.8, 4) is 5.69 Å². The highest BCUT2D eigenvalue weighted by molar-refractivity contribution is 5.36. The molecule has 0 unspecified atom stereocenters. The molecule has 0 saturated carbocycles. The van der Waals surface area contributed by atoms with Gasteiger partial charge in [0.1, 0.15) is 0 Å². The number of rotatable bonds is 3. The summed E-state index contributed by atoms with van der Waals surface area (Å²) in [4.78, 5) is 0. The average Bonchev–Trinajstić information content (AvgIpc) is 2.59. The van der Waals surface area contributed by atoms with Crippen molar-refractivity contribution in [2.45, 2.75) is 20.3 Å². The van der Waals surface area contributed by atoms with Crippen LogP contribution >= 0.6 is 0 Å². The lowest BCUT2D eigenvalue weighted by Crippen LogP contribution is -2.03. The molecule has 1 aromatic carbocycles. The van der Waals surface area contributed by atoms with Crippen molar-refractivity contribution < 1.29 is 0 Å². The van der Waals surface area contributed by atoms with E-state index in [4.69, 9.17) is 5.73 Å². The molecular formula is C13H17N3. The lowest BCUT2D eigenvalue weighted by atomic mass is 10.1. The highest BCUT2D eigenvalue weighted by atomic mass is 15.3. The van der Waals surface area contributed by atoms with Crippen molar-refractivity contribution >= 4 is 0 Å². The number of hydrogen-bond donors (Lipinski definition) is 1. The van der Waals surface area contributed by atoms with Gasteiger partial charge in [-0.3, -0.25) is 0 Å². The fourth-order valence-corrected chi connectivity index (χ4v) is 1.86. The summed E-state index contributed by atoms with van der Waals surface area (Å²) in [6, 6.07) is 10.5. The third-order valence-corrected chi connectivity index (χ3v) is 2.62. The van der Waals surface area contributed by atoms with E-state index < -0.39 is 0 Å². The molecule has 84 valence electrons. The maximum Gasteiger partial charge on any atom is 0.0648 e. The van der Waals surface area contributed by atoms with Crippen LogP contribution in [0.15, 0.2) is 30.3 Å². The summed E-state index contributed by atoms with van der Waals surface area (Å²) in [6.45, 7) is 4.76. The van der Waals surface area contributed by atoms with Crippen LogP contribution < -0.4 is 5.73 Å². The minimum absolute atomic E-state index is 0.694. The van der Waals surface area contributed by atoms with Crippen molar-refractivity contribution in [2.75, 3.05) is 6.54 Å². The van der Waals surface area contributed by atoms with Crippen molar-refractivity contribution in [2.24, 2.45) is 5.73 Å². The molecule has 0 aliphatic rings.